The molecular weight excluding hydrogens is 292 g/mol. The third kappa shape index (κ3) is 2.31. The van der Waals surface area contributed by atoms with Crippen molar-refractivity contribution in [2.75, 3.05) is 0 Å². The van der Waals surface area contributed by atoms with Gasteiger partial charge in [0.25, 0.3) is 0 Å². The Labute approximate surface area is 135 Å². The van der Waals surface area contributed by atoms with Crippen molar-refractivity contribution in [3.63, 3.8) is 0 Å². The molecule has 23 heavy (non-hydrogen) atoms. The number of fused-ring (bicyclic) bond motifs is 2. The van der Waals surface area contributed by atoms with Gasteiger partial charge in [-0.05, 0) is 42.7 Å². The quantitative estimate of drug-likeness (QED) is 0.456. The fraction of sp³-hybridized carbons (Fsp3) is 0.444. The first-order valence-electron chi connectivity index (χ1n) is 7.83. The molecule has 1 aromatic carbocycles. The largest absolute Gasteiger partial charge is 0.508 e. The van der Waals surface area contributed by atoms with Crippen molar-refractivity contribution >= 4 is 12.1 Å². The van der Waals surface area contributed by atoms with Crippen molar-refractivity contribution in [3.05, 3.63) is 35.9 Å². The smallest absolute Gasteiger partial charge is 0.250 e. The number of amides is 1. The van der Waals surface area contributed by atoms with Gasteiger partial charge in [0, 0.05) is 11.6 Å². The van der Waals surface area contributed by atoms with Crippen molar-refractivity contribution in [2.45, 2.75) is 33.1 Å². The zero-order chi connectivity index (χ0) is 16.8. The van der Waals surface area contributed by atoms with Gasteiger partial charge in [-0.2, -0.15) is 5.10 Å². The second-order valence-corrected chi connectivity index (χ2v) is 7.16. The number of benzene rings is 1. The molecule has 2 atom stereocenters. The molecule has 5 heteroatoms. The molecule has 0 radical (unpaired) electrons. The van der Waals surface area contributed by atoms with Crippen LogP contribution in [0.15, 0.2) is 35.5 Å². The van der Waals surface area contributed by atoms with E-state index >= 15 is 0 Å². The molecule has 5 nitrogen and oxygen atoms in total. The summed E-state index contributed by atoms with van der Waals surface area (Å²) in [6.45, 7) is 8.51. The summed E-state index contributed by atoms with van der Waals surface area (Å²) in [5, 5.41) is 22.9. The lowest BCUT2D eigenvalue weighted by molar-refractivity contribution is -0.128. The number of hydrogen-bond donors (Lipinski definition) is 3. The number of nitrogens with one attached hydrogen (secondary N) is 1. The maximum absolute atomic E-state index is 12.7. The van der Waals surface area contributed by atoms with Gasteiger partial charge in [-0.3, -0.25) is 4.79 Å². The van der Waals surface area contributed by atoms with E-state index in [9.17, 15) is 15.0 Å². The SMILES string of the molecule is C=C1C(C)(C)[C@@H]2CC[C@@]1(C(=O)N/N=C\c1ccc(O)cc1O)C2. The Morgan fingerprint density at radius 2 is 2.17 bits per heavy atom. The van der Waals surface area contributed by atoms with E-state index < -0.39 is 5.41 Å². The summed E-state index contributed by atoms with van der Waals surface area (Å²) < 4.78 is 0. The van der Waals surface area contributed by atoms with Crippen LogP contribution in [-0.4, -0.2) is 22.3 Å². The number of phenolic OH excluding ortho intramolecular Hbond substituents is 2. The molecule has 0 saturated heterocycles. The van der Waals surface area contributed by atoms with E-state index in [1.54, 1.807) is 0 Å². The molecule has 3 rings (SSSR count). The van der Waals surface area contributed by atoms with Crippen LogP contribution in [0.25, 0.3) is 0 Å². The van der Waals surface area contributed by atoms with Crippen molar-refractivity contribution in [1.29, 1.82) is 0 Å². The minimum atomic E-state index is -0.511. The average molecular weight is 314 g/mol. The van der Waals surface area contributed by atoms with Crippen LogP contribution < -0.4 is 5.43 Å². The number of carbonyl (C=O) groups excluding carboxylic acids is 1. The number of phenols is 2. The molecule has 122 valence electrons. The maximum Gasteiger partial charge on any atom is 0.250 e. The second-order valence-electron chi connectivity index (χ2n) is 7.16. The summed E-state index contributed by atoms with van der Waals surface area (Å²) in [6.07, 6.45) is 4.08. The highest BCUT2D eigenvalue weighted by atomic mass is 16.3. The summed E-state index contributed by atoms with van der Waals surface area (Å²) in [6, 6.07) is 4.21. The lowest BCUT2D eigenvalue weighted by Crippen LogP contribution is -2.39. The number of nitrogens with zero attached hydrogens (tertiary/aromatic N) is 1. The molecule has 2 aliphatic rings. The van der Waals surface area contributed by atoms with Crippen molar-refractivity contribution in [3.8, 4) is 11.5 Å². The Balaban J connectivity index is 1.73. The highest BCUT2D eigenvalue weighted by Gasteiger charge is 2.60. The first-order valence-corrected chi connectivity index (χ1v) is 7.83. The van der Waals surface area contributed by atoms with Gasteiger partial charge in [-0.1, -0.05) is 26.0 Å². The standard InChI is InChI=1S/C18H22N2O3/c1-11-17(2,3)13-6-7-18(11,9-13)16(23)20-19-10-12-4-5-14(21)8-15(12)22/h4-5,8,10,13,21-22H,1,6-7,9H2,2-3H3,(H,20,23)/b19-10-/t13-,18-/m1/s1. The molecule has 3 N–H and O–H groups in total. The van der Waals surface area contributed by atoms with Crippen LogP contribution in [0.2, 0.25) is 0 Å². The number of hydrogen-bond acceptors (Lipinski definition) is 4. The highest BCUT2D eigenvalue weighted by Crippen LogP contribution is 2.65. The van der Waals surface area contributed by atoms with Crippen LogP contribution in [0.4, 0.5) is 0 Å². The minimum absolute atomic E-state index is 0.00543. The Bertz CT molecular complexity index is 708. The predicted molar refractivity (Wildman–Crippen MR) is 88.2 cm³/mol. The highest BCUT2D eigenvalue weighted by molar-refractivity contribution is 5.89. The van der Waals surface area contributed by atoms with E-state index in [0.29, 0.717) is 11.5 Å². The first-order chi connectivity index (χ1) is 10.8. The van der Waals surface area contributed by atoms with Gasteiger partial charge in [0.1, 0.15) is 11.5 Å². The Kier molecular flexibility index (Phi) is 3.47. The van der Waals surface area contributed by atoms with Gasteiger partial charge in [0.05, 0.1) is 11.6 Å². The summed E-state index contributed by atoms with van der Waals surface area (Å²) in [5.74, 6) is 0.272. The second kappa shape index (κ2) is 5.11. The molecule has 0 unspecified atom stereocenters. The van der Waals surface area contributed by atoms with Crippen molar-refractivity contribution in [2.24, 2.45) is 21.8 Å². The zero-order valence-electron chi connectivity index (χ0n) is 13.5. The molecule has 0 spiro atoms. The molecule has 1 aromatic rings. The van der Waals surface area contributed by atoms with E-state index in [2.05, 4.69) is 31.0 Å². The monoisotopic (exact) mass is 314 g/mol. The first kappa shape index (κ1) is 15.6. The Hall–Kier alpha value is -2.30. The summed E-state index contributed by atoms with van der Waals surface area (Å²) in [5.41, 5.74) is 3.51. The van der Waals surface area contributed by atoms with Gasteiger partial charge in [-0.15, -0.1) is 0 Å². The fourth-order valence-electron chi connectivity index (χ4n) is 4.05. The van der Waals surface area contributed by atoms with Crippen molar-refractivity contribution in [1.82, 2.24) is 5.43 Å². The van der Waals surface area contributed by atoms with Crippen LogP contribution in [-0.2, 0) is 4.79 Å². The van der Waals surface area contributed by atoms with E-state index in [1.807, 2.05) is 0 Å². The van der Waals surface area contributed by atoms with Gasteiger partial charge in [0.2, 0.25) is 5.91 Å². The summed E-state index contributed by atoms with van der Waals surface area (Å²) in [4.78, 5) is 12.7. The average Bonchev–Trinajstić information content (AvgIpc) is 3.01. The lowest BCUT2D eigenvalue weighted by atomic mass is 9.68. The van der Waals surface area contributed by atoms with Crippen LogP contribution in [0.5, 0.6) is 11.5 Å². The predicted octanol–water partition coefficient (Wildman–Crippen LogP) is 2.93. The van der Waals surface area contributed by atoms with Crippen LogP contribution in [0.1, 0.15) is 38.7 Å². The van der Waals surface area contributed by atoms with Gasteiger partial charge in [0.15, 0.2) is 0 Å². The Morgan fingerprint density at radius 1 is 1.43 bits per heavy atom. The molecule has 1 amide bonds. The zero-order valence-corrected chi connectivity index (χ0v) is 13.5. The van der Waals surface area contributed by atoms with E-state index in [0.717, 1.165) is 24.8 Å². The summed E-state index contributed by atoms with van der Waals surface area (Å²) in [7, 11) is 0. The number of aromatic hydroxyl groups is 2. The Morgan fingerprint density at radius 3 is 2.78 bits per heavy atom. The number of rotatable bonds is 3. The third-order valence-corrected chi connectivity index (χ3v) is 5.71. The van der Waals surface area contributed by atoms with E-state index in [-0.39, 0.29) is 22.8 Å². The normalized spacial score (nSPS) is 28.4. The van der Waals surface area contributed by atoms with E-state index in [1.165, 1.54) is 24.4 Å². The maximum atomic E-state index is 12.7. The fourth-order valence-corrected chi connectivity index (χ4v) is 4.05. The van der Waals surface area contributed by atoms with Crippen molar-refractivity contribution < 1.29 is 15.0 Å². The van der Waals surface area contributed by atoms with Gasteiger partial charge in [-0.25, -0.2) is 5.43 Å². The van der Waals surface area contributed by atoms with Gasteiger partial charge < -0.3 is 10.2 Å². The molecule has 0 aromatic heterocycles. The molecule has 2 aliphatic carbocycles. The lowest BCUT2D eigenvalue weighted by Gasteiger charge is -2.36. The van der Waals surface area contributed by atoms with Crippen LogP contribution in [0.3, 0.4) is 0 Å². The molecule has 2 bridgehead atoms. The topological polar surface area (TPSA) is 81.9 Å². The number of hydrazone groups is 1. The molecular formula is C18H22N2O3. The van der Waals surface area contributed by atoms with Crippen LogP contribution >= 0.6 is 0 Å². The van der Waals surface area contributed by atoms with Crippen LogP contribution in [0, 0.1) is 16.7 Å². The molecule has 0 heterocycles. The summed E-state index contributed by atoms with van der Waals surface area (Å²) >= 11 is 0. The molecule has 2 saturated carbocycles. The molecule has 2 fully saturated rings. The van der Waals surface area contributed by atoms with Gasteiger partial charge >= 0.3 is 0 Å². The molecule has 0 aliphatic heterocycles. The minimum Gasteiger partial charge on any atom is -0.508 e. The van der Waals surface area contributed by atoms with E-state index in [4.69, 9.17) is 0 Å². The third-order valence-electron chi connectivity index (χ3n) is 5.71. The number of carbonyl (C=O) groups is 1.